The molecule has 0 radical (unpaired) electrons. The smallest absolute Gasteiger partial charge is 0.258 e. The van der Waals surface area contributed by atoms with Crippen LogP contribution in [0.3, 0.4) is 0 Å². The van der Waals surface area contributed by atoms with Crippen molar-refractivity contribution < 1.29 is 13.9 Å². The lowest BCUT2D eigenvalue weighted by molar-refractivity contribution is -0.149. The molecule has 27 heavy (non-hydrogen) atoms. The van der Waals surface area contributed by atoms with Crippen LogP contribution < -0.4 is 21.1 Å². The van der Waals surface area contributed by atoms with E-state index in [0.29, 0.717) is 5.92 Å². The summed E-state index contributed by atoms with van der Waals surface area (Å²) in [6.45, 7) is 1.86. The van der Waals surface area contributed by atoms with Crippen molar-refractivity contribution in [3.8, 4) is 5.75 Å². The fourth-order valence-corrected chi connectivity index (χ4v) is 5.22. The van der Waals surface area contributed by atoms with Crippen LogP contribution in [-0.4, -0.2) is 41.0 Å². The number of nitrogens with zero attached hydrogens (tertiary/aromatic N) is 1. The molecule has 8 heteroatoms. The van der Waals surface area contributed by atoms with Gasteiger partial charge in [0.05, 0.1) is 5.02 Å². The normalized spacial score (nSPS) is 38.4. The highest BCUT2D eigenvalue weighted by Gasteiger charge is 2.73. The molecule has 4 N–H and O–H groups in total. The van der Waals surface area contributed by atoms with Crippen molar-refractivity contribution in [1.29, 1.82) is 0 Å². The summed E-state index contributed by atoms with van der Waals surface area (Å²) in [5.41, 5.74) is 7.06. The highest BCUT2D eigenvalue weighted by atomic mass is 35.5. The van der Waals surface area contributed by atoms with E-state index in [9.17, 15) is 9.18 Å². The number of hydrogen-bond acceptors (Lipinski definition) is 5. The Morgan fingerprint density at radius 1 is 1.44 bits per heavy atom. The molecular formula is C19H22ClFN4O2. The van der Waals surface area contributed by atoms with E-state index in [4.69, 9.17) is 27.1 Å². The van der Waals surface area contributed by atoms with E-state index in [1.165, 1.54) is 23.9 Å². The van der Waals surface area contributed by atoms with E-state index in [0.717, 1.165) is 25.7 Å². The fourth-order valence-electron chi connectivity index (χ4n) is 5.11. The van der Waals surface area contributed by atoms with Crippen molar-refractivity contribution >= 4 is 23.2 Å². The van der Waals surface area contributed by atoms with Crippen molar-refractivity contribution in [3.63, 3.8) is 0 Å². The number of aliphatic imine (C=N–C) groups is 1. The molecule has 2 bridgehead atoms. The van der Waals surface area contributed by atoms with Crippen LogP contribution in [0.5, 0.6) is 5.75 Å². The molecule has 1 aromatic rings. The van der Waals surface area contributed by atoms with Gasteiger partial charge < -0.3 is 15.8 Å². The van der Waals surface area contributed by atoms with Gasteiger partial charge in [-0.25, -0.2) is 4.39 Å². The molecule has 6 nitrogen and oxygen atoms in total. The van der Waals surface area contributed by atoms with Gasteiger partial charge >= 0.3 is 0 Å². The lowest BCUT2D eigenvalue weighted by Gasteiger charge is -2.72. The van der Waals surface area contributed by atoms with Crippen molar-refractivity contribution in [2.24, 2.45) is 16.6 Å². The number of halogens is 2. The number of carbonyl (C=O) groups is 1. The molecule has 4 saturated carbocycles. The first kappa shape index (κ1) is 17.4. The Morgan fingerprint density at radius 3 is 2.74 bits per heavy atom. The Balaban J connectivity index is 1.12. The van der Waals surface area contributed by atoms with E-state index in [-0.39, 0.29) is 46.1 Å². The van der Waals surface area contributed by atoms with Gasteiger partial charge in [-0.15, -0.1) is 0 Å². The molecule has 0 aromatic heterocycles. The Bertz CT molecular complexity index is 853. The molecule has 4 fully saturated rings. The maximum absolute atomic E-state index is 13.4. The largest absolute Gasteiger partial charge is 0.484 e. The second-order valence-electron chi connectivity index (χ2n) is 8.60. The highest BCUT2D eigenvalue weighted by Crippen LogP contribution is 2.63. The van der Waals surface area contributed by atoms with Gasteiger partial charge in [0.25, 0.3) is 5.91 Å². The van der Waals surface area contributed by atoms with Crippen molar-refractivity contribution in [1.82, 2.24) is 10.6 Å². The molecule has 0 saturated heterocycles. The average molecular weight is 393 g/mol. The predicted molar refractivity (Wildman–Crippen MR) is 99.4 cm³/mol. The molecule has 4 aliphatic carbocycles. The van der Waals surface area contributed by atoms with Crippen LogP contribution in [0.1, 0.15) is 32.6 Å². The zero-order valence-corrected chi connectivity index (χ0v) is 15.8. The molecule has 6 rings (SSSR count). The molecule has 144 valence electrons. The molecule has 1 heterocycles. The summed E-state index contributed by atoms with van der Waals surface area (Å²) in [7, 11) is 0. The van der Waals surface area contributed by atoms with Crippen molar-refractivity contribution in [3.05, 3.63) is 29.0 Å². The lowest BCUT2D eigenvalue weighted by atomic mass is 9.43. The van der Waals surface area contributed by atoms with Crippen LogP contribution in [0, 0.1) is 11.7 Å². The van der Waals surface area contributed by atoms with Crippen LogP contribution >= 0.6 is 11.6 Å². The molecule has 1 aromatic carbocycles. The van der Waals surface area contributed by atoms with Crippen LogP contribution in [0.4, 0.5) is 4.39 Å². The van der Waals surface area contributed by atoms with E-state index in [1.54, 1.807) is 0 Å². The zero-order chi connectivity index (χ0) is 19.0. The number of fused-ring (bicyclic) bond motifs is 1. The van der Waals surface area contributed by atoms with Crippen LogP contribution in [0.15, 0.2) is 23.2 Å². The first-order chi connectivity index (χ1) is 12.7. The lowest BCUT2D eigenvalue weighted by Crippen LogP contribution is -2.87. The number of nitrogens with one attached hydrogen (secondary N) is 2. The number of carbonyl (C=O) groups excluding carboxylic acids is 1. The number of benzene rings is 1. The standard InChI is InChI=1S/C19H22ClFN4O2/c1-10(22)19(12-5-15(12)23-19)25-18-7-17(8-18,9-18)24-16(26)6-27-11-2-3-13(20)14(21)4-11/h2-4,10,12,25H,5-9,22H2,1H3,(H,24,26). The summed E-state index contributed by atoms with van der Waals surface area (Å²) >= 11 is 5.64. The Morgan fingerprint density at radius 2 is 2.19 bits per heavy atom. The number of hydrogen-bond donors (Lipinski definition) is 3. The number of ether oxygens (including phenoxy) is 1. The minimum atomic E-state index is -0.567. The first-order valence-corrected chi connectivity index (χ1v) is 9.65. The van der Waals surface area contributed by atoms with Gasteiger partial charge in [0, 0.05) is 34.8 Å². The molecule has 3 unspecified atom stereocenters. The quantitative estimate of drug-likeness (QED) is 0.659. The Labute approximate surface area is 161 Å². The minimum absolute atomic E-state index is 0.0251. The maximum atomic E-state index is 13.4. The van der Waals surface area contributed by atoms with E-state index >= 15 is 0 Å². The predicted octanol–water partition coefficient (Wildman–Crippen LogP) is 1.76. The van der Waals surface area contributed by atoms with Gasteiger partial charge in [-0.05, 0) is 44.7 Å². The minimum Gasteiger partial charge on any atom is -0.484 e. The Kier molecular flexibility index (Phi) is 3.50. The molecular weight excluding hydrogens is 371 g/mol. The second kappa shape index (κ2) is 5.43. The van der Waals surface area contributed by atoms with Gasteiger partial charge in [-0.3, -0.25) is 15.1 Å². The van der Waals surface area contributed by atoms with E-state index in [1.807, 2.05) is 6.92 Å². The molecule has 1 amide bonds. The van der Waals surface area contributed by atoms with E-state index < -0.39 is 5.82 Å². The summed E-state index contributed by atoms with van der Waals surface area (Å²) < 4.78 is 18.8. The number of amides is 1. The monoisotopic (exact) mass is 392 g/mol. The Hall–Kier alpha value is -1.70. The fraction of sp³-hybridized carbons (Fsp3) is 0.579. The number of nitrogens with two attached hydrogens (primary N) is 1. The van der Waals surface area contributed by atoms with Gasteiger partial charge in [0.1, 0.15) is 17.2 Å². The maximum Gasteiger partial charge on any atom is 0.258 e. The van der Waals surface area contributed by atoms with Gasteiger partial charge in [-0.1, -0.05) is 11.6 Å². The topological polar surface area (TPSA) is 88.7 Å². The van der Waals surface area contributed by atoms with Crippen LogP contribution in [-0.2, 0) is 4.79 Å². The van der Waals surface area contributed by atoms with Gasteiger partial charge in [-0.2, -0.15) is 0 Å². The third-order valence-electron chi connectivity index (χ3n) is 6.37. The molecule has 3 atom stereocenters. The van der Waals surface area contributed by atoms with Gasteiger partial charge in [0.15, 0.2) is 6.61 Å². The average Bonchev–Trinajstić information content (AvgIpc) is 3.21. The van der Waals surface area contributed by atoms with Crippen LogP contribution in [0.2, 0.25) is 5.02 Å². The third kappa shape index (κ3) is 2.59. The third-order valence-corrected chi connectivity index (χ3v) is 6.68. The molecule has 1 aliphatic heterocycles. The molecule has 5 aliphatic rings. The van der Waals surface area contributed by atoms with Crippen molar-refractivity contribution in [2.45, 2.75) is 55.4 Å². The first-order valence-electron chi connectivity index (χ1n) is 9.27. The zero-order valence-electron chi connectivity index (χ0n) is 15.0. The summed E-state index contributed by atoms with van der Waals surface area (Å²) in [5, 5.41) is 6.80. The van der Waals surface area contributed by atoms with Crippen LogP contribution in [0.25, 0.3) is 0 Å². The van der Waals surface area contributed by atoms with E-state index in [2.05, 4.69) is 10.6 Å². The molecule has 0 spiro atoms. The second-order valence-corrected chi connectivity index (χ2v) is 9.01. The van der Waals surface area contributed by atoms with Crippen molar-refractivity contribution in [2.75, 3.05) is 6.61 Å². The summed E-state index contributed by atoms with van der Waals surface area (Å²) in [6, 6.07) is 4.09. The summed E-state index contributed by atoms with van der Waals surface area (Å²) in [6.07, 6.45) is 3.71. The number of rotatable bonds is 7. The SMILES string of the molecule is CC(N)C1(NC23CC(NC(=O)COc4ccc(Cl)c(F)c4)(C2)C3)N=C2CC21. The summed E-state index contributed by atoms with van der Waals surface area (Å²) in [4.78, 5) is 16.9. The highest BCUT2D eigenvalue weighted by molar-refractivity contribution is 6.30. The summed E-state index contributed by atoms with van der Waals surface area (Å²) in [5.74, 6) is 0.0178. The van der Waals surface area contributed by atoms with Gasteiger partial charge in [0.2, 0.25) is 0 Å².